The summed E-state index contributed by atoms with van der Waals surface area (Å²) >= 11 is 1.69. The van der Waals surface area contributed by atoms with Crippen LogP contribution in [-0.2, 0) is 12.8 Å². The molecule has 0 saturated carbocycles. The second kappa shape index (κ2) is 7.38. The maximum atomic E-state index is 4.53. The number of thiazole rings is 1. The Morgan fingerprint density at radius 2 is 1.96 bits per heavy atom. The van der Waals surface area contributed by atoms with Crippen molar-refractivity contribution in [3.63, 3.8) is 0 Å². The monoisotopic (exact) mass is 323 g/mol. The Labute approximate surface area is 141 Å². The number of nitrogens with zero attached hydrogens (tertiary/aromatic N) is 2. The number of nitrogens with one attached hydrogen (secondary N) is 1. The first-order valence-electron chi connectivity index (χ1n) is 7.95. The molecule has 0 aliphatic heterocycles. The van der Waals surface area contributed by atoms with Gasteiger partial charge in [0.25, 0.3) is 0 Å². The van der Waals surface area contributed by atoms with Crippen molar-refractivity contribution in [2.75, 3.05) is 11.9 Å². The zero-order valence-corrected chi connectivity index (χ0v) is 14.4. The van der Waals surface area contributed by atoms with Crippen LogP contribution in [0.5, 0.6) is 0 Å². The van der Waals surface area contributed by atoms with Crippen molar-refractivity contribution in [3.05, 3.63) is 64.9 Å². The van der Waals surface area contributed by atoms with E-state index in [-0.39, 0.29) is 0 Å². The lowest BCUT2D eigenvalue weighted by Crippen LogP contribution is -2.03. The molecule has 4 heteroatoms. The lowest BCUT2D eigenvalue weighted by molar-refractivity contribution is 0.901. The van der Waals surface area contributed by atoms with Crippen molar-refractivity contribution in [3.8, 4) is 10.6 Å². The van der Waals surface area contributed by atoms with Gasteiger partial charge in [0.1, 0.15) is 5.01 Å². The van der Waals surface area contributed by atoms with Crippen LogP contribution in [0.25, 0.3) is 10.6 Å². The third kappa shape index (κ3) is 3.59. The normalized spacial score (nSPS) is 10.7. The van der Waals surface area contributed by atoms with Crippen LogP contribution in [0.15, 0.2) is 48.1 Å². The van der Waals surface area contributed by atoms with E-state index in [9.17, 15) is 0 Å². The summed E-state index contributed by atoms with van der Waals surface area (Å²) in [5, 5.41) is 6.58. The van der Waals surface area contributed by atoms with E-state index in [0.29, 0.717) is 0 Å². The van der Waals surface area contributed by atoms with Gasteiger partial charge in [-0.2, -0.15) is 0 Å². The topological polar surface area (TPSA) is 37.8 Å². The molecule has 0 unspecified atom stereocenters. The minimum Gasteiger partial charge on any atom is -0.385 e. The van der Waals surface area contributed by atoms with Gasteiger partial charge in [-0.05, 0) is 49.9 Å². The van der Waals surface area contributed by atoms with Crippen LogP contribution in [0.4, 0.5) is 5.69 Å². The molecule has 0 fully saturated rings. The maximum Gasteiger partial charge on any atom is 0.125 e. The fourth-order valence-corrected chi connectivity index (χ4v) is 3.51. The van der Waals surface area contributed by atoms with Gasteiger partial charge < -0.3 is 5.32 Å². The molecule has 0 aliphatic rings. The highest BCUT2D eigenvalue weighted by atomic mass is 32.1. The van der Waals surface area contributed by atoms with E-state index in [1.165, 1.54) is 22.4 Å². The zero-order chi connectivity index (χ0) is 16.1. The van der Waals surface area contributed by atoms with Crippen LogP contribution in [-0.4, -0.2) is 16.5 Å². The third-order valence-corrected chi connectivity index (χ3v) is 4.70. The number of anilines is 1. The number of pyridine rings is 1. The Bertz CT molecular complexity index is 766. The van der Waals surface area contributed by atoms with Gasteiger partial charge in [0.2, 0.25) is 0 Å². The van der Waals surface area contributed by atoms with Crippen molar-refractivity contribution in [2.45, 2.75) is 26.7 Å². The number of benzene rings is 1. The Morgan fingerprint density at radius 1 is 1.04 bits per heavy atom. The molecular weight excluding hydrogens is 302 g/mol. The van der Waals surface area contributed by atoms with Gasteiger partial charge in [0.15, 0.2) is 0 Å². The molecule has 2 aromatic heterocycles. The summed E-state index contributed by atoms with van der Waals surface area (Å²) < 4.78 is 0. The van der Waals surface area contributed by atoms with Gasteiger partial charge in [-0.3, -0.25) is 4.98 Å². The van der Waals surface area contributed by atoms with Crippen molar-refractivity contribution >= 4 is 17.0 Å². The Balaban J connectivity index is 1.92. The average Bonchev–Trinajstić information content (AvgIpc) is 3.08. The second-order valence-corrected chi connectivity index (χ2v) is 6.37. The van der Waals surface area contributed by atoms with Crippen LogP contribution >= 0.6 is 11.3 Å². The SMILES string of the molecule is CCNc1cccc(CCc2ncccc2C)c1-c1nccs1. The summed E-state index contributed by atoms with van der Waals surface area (Å²) in [5.74, 6) is 0. The molecule has 1 aromatic carbocycles. The summed E-state index contributed by atoms with van der Waals surface area (Å²) in [5.41, 5.74) is 6.15. The predicted molar refractivity (Wildman–Crippen MR) is 98.1 cm³/mol. The van der Waals surface area contributed by atoms with E-state index in [1.807, 2.05) is 23.8 Å². The number of aryl methyl sites for hydroxylation is 3. The van der Waals surface area contributed by atoms with Crippen LogP contribution in [0.1, 0.15) is 23.7 Å². The molecule has 0 aliphatic carbocycles. The highest BCUT2D eigenvalue weighted by Gasteiger charge is 2.13. The lowest BCUT2D eigenvalue weighted by atomic mass is 9.99. The molecule has 2 heterocycles. The third-order valence-electron chi connectivity index (χ3n) is 3.91. The predicted octanol–water partition coefficient (Wildman–Crippen LogP) is 4.73. The number of rotatable bonds is 6. The maximum absolute atomic E-state index is 4.53. The first-order chi connectivity index (χ1) is 11.3. The Hall–Kier alpha value is -2.20. The molecule has 0 radical (unpaired) electrons. The second-order valence-electron chi connectivity index (χ2n) is 5.47. The molecule has 0 saturated heterocycles. The fourth-order valence-electron chi connectivity index (χ4n) is 2.78. The van der Waals surface area contributed by atoms with E-state index in [0.717, 1.165) is 30.1 Å². The van der Waals surface area contributed by atoms with Gasteiger partial charge in [-0.1, -0.05) is 18.2 Å². The largest absolute Gasteiger partial charge is 0.385 e. The highest BCUT2D eigenvalue weighted by Crippen LogP contribution is 2.33. The van der Waals surface area contributed by atoms with Gasteiger partial charge >= 0.3 is 0 Å². The molecule has 3 rings (SSSR count). The molecule has 1 N–H and O–H groups in total. The van der Waals surface area contributed by atoms with E-state index in [1.54, 1.807) is 11.3 Å². The number of aromatic nitrogens is 2. The molecular formula is C19H21N3S. The first-order valence-corrected chi connectivity index (χ1v) is 8.83. The van der Waals surface area contributed by atoms with Gasteiger partial charge in [0.05, 0.1) is 0 Å². The van der Waals surface area contributed by atoms with E-state index in [2.05, 4.69) is 53.4 Å². The quantitative estimate of drug-likeness (QED) is 0.712. The molecule has 0 amide bonds. The van der Waals surface area contributed by atoms with Gasteiger partial charge in [-0.15, -0.1) is 11.3 Å². The van der Waals surface area contributed by atoms with E-state index >= 15 is 0 Å². The number of hydrogen-bond donors (Lipinski definition) is 1. The molecule has 23 heavy (non-hydrogen) atoms. The van der Waals surface area contributed by atoms with Crippen molar-refractivity contribution < 1.29 is 0 Å². The summed E-state index contributed by atoms with van der Waals surface area (Å²) in [6.45, 7) is 5.15. The van der Waals surface area contributed by atoms with Crippen LogP contribution in [0, 0.1) is 6.92 Å². The molecule has 0 spiro atoms. The van der Waals surface area contributed by atoms with Crippen molar-refractivity contribution in [2.24, 2.45) is 0 Å². The first kappa shape index (κ1) is 15.7. The van der Waals surface area contributed by atoms with Crippen LogP contribution in [0.2, 0.25) is 0 Å². The molecule has 3 nitrogen and oxygen atoms in total. The molecule has 118 valence electrons. The molecule has 0 bridgehead atoms. The highest BCUT2D eigenvalue weighted by molar-refractivity contribution is 7.13. The van der Waals surface area contributed by atoms with Crippen LogP contribution < -0.4 is 5.32 Å². The molecule has 3 aromatic rings. The summed E-state index contributed by atoms with van der Waals surface area (Å²) in [7, 11) is 0. The Kier molecular flexibility index (Phi) is 5.03. The van der Waals surface area contributed by atoms with Gasteiger partial charge in [-0.25, -0.2) is 4.98 Å². The summed E-state index contributed by atoms with van der Waals surface area (Å²) in [6, 6.07) is 10.6. The zero-order valence-electron chi connectivity index (χ0n) is 13.5. The minimum absolute atomic E-state index is 0.904. The van der Waals surface area contributed by atoms with E-state index < -0.39 is 0 Å². The fraction of sp³-hybridized carbons (Fsp3) is 0.263. The molecule has 0 atom stereocenters. The lowest BCUT2D eigenvalue weighted by Gasteiger charge is -2.14. The standard InChI is InChI=1S/C19H21N3S/c1-3-20-17-8-4-7-15(18(17)19-22-12-13-23-19)9-10-16-14(2)6-5-11-21-16/h4-8,11-13,20H,3,9-10H2,1-2H3. The summed E-state index contributed by atoms with van der Waals surface area (Å²) in [6.07, 6.45) is 5.65. The number of hydrogen-bond acceptors (Lipinski definition) is 4. The van der Waals surface area contributed by atoms with Crippen molar-refractivity contribution in [1.29, 1.82) is 0 Å². The van der Waals surface area contributed by atoms with Crippen molar-refractivity contribution in [1.82, 2.24) is 9.97 Å². The Morgan fingerprint density at radius 3 is 2.70 bits per heavy atom. The summed E-state index contributed by atoms with van der Waals surface area (Å²) in [4.78, 5) is 9.04. The van der Waals surface area contributed by atoms with Gasteiger partial charge in [0, 0.05) is 41.3 Å². The van der Waals surface area contributed by atoms with Crippen LogP contribution in [0.3, 0.4) is 0 Å². The average molecular weight is 323 g/mol. The minimum atomic E-state index is 0.904. The van der Waals surface area contributed by atoms with E-state index in [4.69, 9.17) is 0 Å². The smallest absolute Gasteiger partial charge is 0.125 e.